The third-order valence-electron chi connectivity index (χ3n) is 14.6. The molecular formula is C71H52N4OPt-2. The molecule has 0 saturated carbocycles. The van der Waals surface area contributed by atoms with Gasteiger partial charge in [0, 0.05) is 44.3 Å². The fourth-order valence-corrected chi connectivity index (χ4v) is 10.8. The van der Waals surface area contributed by atoms with Crippen LogP contribution in [0.5, 0.6) is 11.5 Å². The van der Waals surface area contributed by atoms with E-state index in [-0.39, 0.29) is 26.5 Å². The van der Waals surface area contributed by atoms with Crippen LogP contribution >= 0.6 is 0 Å². The molecule has 0 spiro atoms. The van der Waals surface area contributed by atoms with Gasteiger partial charge in [-0.2, -0.15) is 12.1 Å². The molecule has 5 nitrogen and oxygen atoms in total. The number of nitrogens with zero attached hydrogens (tertiary/aromatic N) is 4. The van der Waals surface area contributed by atoms with Crippen LogP contribution in [0.4, 0.5) is 0 Å². The van der Waals surface area contributed by atoms with Crippen LogP contribution in [-0.2, 0) is 26.5 Å². The van der Waals surface area contributed by atoms with E-state index in [4.69, 9.17) is 9.72 Å². The van der Waals surface area contributed by atoms with Gasteiger partial charge in [0.2, 0.25) is 0 Å². The number of hydrogen-bond donors (Lipinski definition) is 0. The number of imidazole rings is 1. The third kappa shape index (κ3) is 9.17. The van der Waals surface area contributed by atoms with Crippen molar-refractivity contribution in [2.75, 3.05) is 0 Å². The van der Waals surface area contributed by atoms with Crippen LogP contribution in [0.1, 0.15) is 31.9 Å². The predicted molar refractivity (Wildman–Crippen MR) is 311 cm³/mol. The zero-order valence-electron chi connectivity index (χ0n) is 43.1. The monoisotopic (exact) mass is 1170 g/mol. The summed E-state index contributed by atoms with van der Waals surface area (Å²) in [6, 6.07) is 91.1. The van der Waals surface area contributed by atoms with E-state index in [0.717, 1.165) is 111 Å². The fraction of sp³-hybridized carbons (Fsp3) is 0.0704. The van der Waals surface area contributed by atoms with E-state index in [0.29, 0.717) is 11.5 Å². The molecule has 374 valence electrons. The largest absolute Gasteiger partial charge is 0.510 e. The number of aromatic nitrogens is 4. The van der Waals surface area contributed by atoms with Crippen LogP contribution in [0.3, 0.4) is 0 Å². The summed E-state index contributed by atoms with van der Waals surface area (Å²) in [5.74, 6) is 1.93. The first-order valence-corrected chi connectivity index (χ1v) is 25.9. The van der Waals surface area contributed by atoms with E-state index >= 15 is 0 Å². The molecule has 0 atom stereocenters. The Labute approximate surface area is 464 Å². The summed E-state index contributed by atoms with van der Waals surface area (Å²) in [4.78, 5) is 4.95. The molecule has 77 heavy (non-hydrogen) atoms. The molecule has 13 rings (SSSR count). The first-order valence-electron chi connectivity index (χ1n) is 25.9. The fourth-order valence-electron chi connectivity index (χ4n) is 10.8. The summed E-state index contributed by atoms with van der Waals surface area (Å²) in [6.07, 6.45) is 5.82. The van der Waals surface area contributed by atoms with E-state index in [1.165, 1.54) is 5.56 Å². The average Bonchev–Trinajstić information content (AvgIpc) is 4.15. The van der Waals surface area contributed by atoms with Crippen molar-refractivity contribution in [3.8, 4) is 84.3 Å². The molecule has 0 bridgehead atoms. The Hall–Kier alpha value is -8.89. The number of pyridine rings is 1. The second-order valence-corrected chi connectivity index (χ2v) is 20.4. The zero-order valence-corrected chi connectivity index (χ0v) is 45.4. The minimum atomic E-state index is -0.0645. The van der Waals surface area contributed by atoms with E-state index in [9.17, 15) is 0 Å². The number of benzene rings is 10. The van der Waals surface area contributed by atoms with Gasteiger partial charge in [0.1, 0.15) is 5.82 Å². The van der Waals surface area contributed by atoms with Crippen molar-refractivity contribution in [1.82, 2.24) is 14.1 Å². The van der Waals surface area contributed by atoms with E-state index in [1.807, 2.05) is 12.3 Å². The van der Waals surface area contributed by atoms with Gasteiger partial charge in [0.25, 0.3) is 6.33 Å². The number of ether oxygens (including phenoxy) is 1. The maximum absolute atomic E-state index is 7.12. The Balaban J connectivity index is 0.00000596. The van der Waals surface area contributed by atoms with Crippen LogP contribution in [0.25, 0.3) is 106 Å². The minimum absolute atomic E-state index is 0. The Morgan fingerprint density at radius 1 is 0.468 bits per heavy atom. The van der Waals surface area contributed by atoms with Gasteiger partial charge in [0.05, 0.1) is 16.7 Å². The molecular weight excluding hydrogens is 1120 g/mol. The average molecular weight is 1170 g/mol. The Kier molecular flexibility index (Phi) is 12.9. The number of para-hydroxylation sites is 4. The quantitative estimate of drug-likeness (QED) is 0.101. The van der Waals surface area contributed by atoms with Crippen molar-refractivity contribution in [3.05, 3.63) is 272 Å². The van der Waals surface area contributed by atoms with Crippen molar-refractivity contribution in [2.45, 2.75) is 33.1 Å². The van der Waals surface area contributed by atoms with Crippen LogP contribution < -0.4 is 9.30 Å². The van der Waals surface area contributed by atoms with E-state index in [1.54, 1.807) is 0 Å². The SMILES string of the molecule is Cc1c(-c2ccccc2)cc(-c2ccccc2)cc1-c1cc(Oc2[c-]c3c(cc2)c2ccccc2n3-c2cc(C(C)(C)C)ccn2)[c-]c(-n2[c-][n+](-c3c(-c4ccccc4)cccc3-c3ccccc3)c3ccccc32)c1.[Pt]. The summed E-state index contributed by atoms with van der Waals surface area (Å²) in [5, 5.41) is 2.18. The molecule has 13 aromatic rings. The maximum atomic E-state index is 7.12. The van der Waals surface area contributed by atoms with E-state index < -0.39 is 0 Å². The Morgan fingerprint density at radius 2 is 1.04 bits per heavy atom. The molecule has 0 aliphatic heterocycles. The van der Waals surface area contributed by atoms with Gasteiger partial charge in [0.15, 0.2) is 0 Å². The molecule has 0 saturated heterocycles. The van der Waals surface area contributed by atoms with Crippen molar-refractivity contribution in [3.63, 3.8) is 0 Å². The maximum Gasteiger partial charge on any atom is 0.268 e. The first-order chi connectivity index (χ1) is 37.2. The minimum Gasteiger partial charge on any atom is -0.510 e. The summed E-state index contributed by atoms with van der Waals surface area (Å²) >= 11 is 0. The van der Waals surface area contributed by atoms with Crippen molar-refractivity contribution in [2.24, 2.45) is 0 Å². The topological polar surface area (TPSA) is 35.9 Å². The van der Waals surface area contributed by atoms with Gasteiger partial charge in [-0.15, -0.1) is 35.2 Å². The van der Waals surface area contributed by atoms with Crippen LogP contribution in [0, 0.1) is 25.4 Å². The molecule has 3 aromatic heterocycles. The molecule has 0 N–H and O–H groups in total. The normalized spacial score (nSPS) is 11.5. The van der Waals surface area contributed by atoms with E-state index in [2.05, 4.69) is 290 Å². The van der Waals surface area contributed by atoms with Crippen molar-refractivity contribution < 1.29 is 30.4 Å². The summed E-state index contributed by atoms with van der Waals surface area (Å²) < 4.78 is 13.7. The number of rotatable bonds is 10. The smallest absolute Gasteiger partial charge is 0.268 e. The van der Waals surface area contributed by atoms with Crippen LogP contribution in [-0.4, -0.2) is 14.1 Å². The first kappa shape index (κ1) is 49.0. The number of fused-ring (bicyclic) bond motifs is 4. The van der Waals surface area contributed by atoms with Gasteiger partial charge in [-0.05, 0) is 115 Å². The molecule has 0 amide bonds. The molecule has 3 heterocycles. The Bertz CT molecular complexity index is 4230. The Morgan fingerprint density at radius 3 is 1.69 bits per heavy atom. The molecule has 0 unspecified atom stereocenters. The van der Waals surface area contributed by atoms with Gasteiger partial charge in [-0.25, -0.2) is 4.98 Å². The van der Waals surface area contributed by atoms with Gasteiger partial charge in [-0.3, -0.25) is 4.57 Å². The van der Waals surface area contributed by atoms with Crippen molar-refractivity contribution >= 4 is 32.8 Å². The molecule has 10 aromatic carbocycles. The molecule has 0 fully saturated rings. The van der Waals surface area contributed by atoms with Crippen LogP contribution in [0.2, 0.25) is 0 Å². The summed E-state index contributed by atoms with van der Waals surface area (Å²) in [7, 11) is 0. The summed E-state index contributed by atoms with van der Waals surface area (Å²) in [5.41, 5.74) is 19.0. The molecule has 6 heteroatoms. The molecule has 0 radical (unpaired) electrons. The zero-order chi connectivity index (χ0) is 51.3. The summed E-state index contributed by atoms with van der Waals surface area (Å²) in [6.45, 7) is 8.92. The van der Waals surface area contributed by atoms with Gasteiger partial charge >= 0.3 is 0 Å². The molecule has 0 aliphatic carbocycles. The van der Waals surface area contributed by atoms with Crippen molar-refractivity contribution in [1.29, 1.82) is 0 Å². The standard InChI is InChI=1S/C71H52N4O.Pt/c1-48-63(52-28-15-8-16-29-52)42-53(49-22-9-5-10-23-49)43-64(48)54-40-56(45-58(41-54)76-57-36-37-62-61-30-17-18-33-65(61)75(68(62)46-57)69-44-55(38-39-72-69)71(2,3)4)73-47-74(67-35-20-19-34-66(67)73)70-59(50-24-11-6-12-25-50)31-21-32-60(70)51-26-13-7-14-27-51;/h5-44H,1-4H3;/q-2;. The second kappa shape index (κ2) is 20.3. The van der Waals surface area contributed by atoms with Gasteiger partial charge < -0.3 is 13.9 Å². The number of hydrogen-bond acceptors (Lipinski definition) is 2. The van der Waals surface area contributed by atoms with Gasteiger partial charge in [-0.1, -0.05) is 208 Å². The second-order valence-electron chi connectivity index (χ2n) is 20.4. The third-order valence-corrected chi connectivity index (χ3v) is 14.6. The van der Waals surface area contributed by atoms with Crippen LogP contribution in [0.15, 0.2) is 243 Å². The predicted octanol–water partition coefficient (Wildman–Crippen LogP) is 17.5. The molecule has 0 aliphatic rings.